The van der Waals surface area contributed by atoms with Crippen molar-refractivity contribution in [2.75, 3.05) is 33.7 Å². The third kappa shape index (κ3) is 14.9. The fourth-order valence-corrected chi connectivity index (χ4v) is 7.49. The first-order chi connectivity index (χ1) is 28.2. The van der Waals surface area contributed by atoms with Gasteiger partial charge in [-0.1, -0.05) is 54.6 Å². The molecule has 3 rings (SSSR count). The molecule has 3 aromatic rings. The zero-order chi connectivity index (χ0) is 44.6. The van der Waals surface area contributed by atoms with Crippen molar-refractivity contribution in [1.82, 2.24) is 30.9 Å². The summed E-state index contributed by atoms with van der Waals surface area (Å²) in [5.41, 5.74) is 4.95. The van der Waals surface area contributed by atoms with Crippen LogP contribution in [0, 0.1) is 10.1 Å². The number of carbonyl (C=O) groups is 5. The Balaban J connectivity index is 1.98. The number of fused-ring (bicyclic) bond motifs is 1. The van der Waals surface area contributed by atoms with Gasteiger partial charge < -0.3 is 37.1 Å². The van der Waals surface area contributed by atoms with Gasteiger partial charge in [0.15, 0.2) is 10.9 Å². The molecule has 0 saturated carbocycles. The van der Waals surface area contributed by atoms with Crippen LogP contribution in [-0.4, -0.2) is 111 Å². The Morgan fingerprint density at radius 2 is 1.47 bits per heavy atom. The number of guanidine groups is 1. The number of nitrogens with zero attached hydrogens (tertiary/aromatic N) is 3. The third-order valence-corrected chi connectivity index (χ3v) is 10.9. The Bertz CT molecular complexity index is 2160. The number of nitro groups is 1. The number of nitrogens with one attached hydrogen (secondary N) is 5. The molecule has 3 atom stereocenters. The van der Waals surface area contributed by atoms with Crippen molar-refractivity contribution in [3.8, 4) is 0 Å². The van der Waals surface area contributed by atoms with E-state index in [4.69, 9.17) is 10.5 Å². The van der Waals surface area contributed by atoms with Crippen LogP contribution in [0.25, 0.3) is 10.8 Å². The number of alkyl carbamates (subject to hydrolysis) is 1. The van der Waals surface area contributed by atoms with Crippen LogP contribution in [0.4, 0.5) is 10.5 Å². The number of hydrogen-bond acceptors (Lipinski definition) is 11. The number of ether oxygens (including phenoxy) is 1. The van der Waals surface area contributed by atoms with Crippen molar-refractivity contribution in [3.63, 3.8) is 0 Å². The Labute approximate surface area is 349 Å². The molecule has 4 amide bonds. The third-order valence-electron chi connectivity index (χ3n) is 9.03. The highest BCUT2D eigenvalue weighted by Crippen LogP contribution is 2.28. The lowest BCUT2D eigenvalue weighted by Crippen LogP contribution is -2.57. The number of carbonyl (C=O) groups excluding carboxylic acids is 5. The van der Waals surface area contributed by atoms with Gasteiger partial charge in [-0.05, 0) is 75.8 Å². The summed E-state index contributed by atoms with van der Waals surface area (Å²) in [5, 5.41) is 27.0. The second-order valence-corrected chi connectivity index (χ2v) is 16.9. The van der Waals surface area contributed by atoms with E-state index in [2.05, 4.69) is 31.6 Å². The summed E-state index contributed by atoms with van der Waals surface area (Å²) in [7, 11) is -2.16. The summed E-state index contributed by atoms with van der Waals surface area (Å²) >= 11 is 0. The lowest BCUT2D eigenvalue weighted by molar-refractivity contribution is -0.387. The fraction of sp³-hybridized carbons (Fsp3) is 0.450. The molecule has 0 saturated heterocycles. The summed E-state index contributed by atoms with van der Waals surface area (Å²) in [6.45, 7) is 6.20. The first-order valence-corrected chi connectivity index (χ1v) is 20.7. The zero-order valence-electron chi connectivity index (χ0n) is 34.6. The molecule has 20 heteroatoms. The first kappa shape index (κ1) is 48.2. The van der Waals surface area contributed by atoms with Gasteiger partial charge in [-0.15, -0.1) is 0 Å². The molecule has 0 aliphatic rings. The van der Waals surface area contributed by atoms with Crippen molar-refractivity contribution in [2.45, 2.75) is 88.4 Å². The van der Waals surface area contributed by atoms with Gasteiger partial charge in [0.05, 0.1) is 11.5 Å². The average molecular weight is 854 g/mol. The van der Waals surface area contributed by atoms with E-state index in [1.807, 2.05) is 36.4 Å². The van der Waals surface area contributed by atoms with E-state index in [-0.39, 0.29) is 63.5 Å². The molecule has 0 heterocycles. The number of para-hydroxylation sites is 1. The number of nitrogens with two attached hydrogens (primary N) is 1. The first-order valence-electron chi connectivity index (χ1n) is 19.2. The molecule has 0 spiro atoms. The van der Waals surface area contributed by atoms with Gasteiger partial charge in [-0.3, -0.25) is 34.3 Å². The zero-order valence-corrected chi connectivity index (χ0v) is 35.5. The lowest BCUT2D eigenvalue weighted by Gasteiger charge is -2.29. The molecular weight excluding hydrogens is 799 g/mol. The van der Waals surface area contributed by atoms with E-state index in [1.165, 1.54) is 26.1 Å². The molecule has 3 aromatic carbocycles. The minimum absolute atomic E-state index is 0.0101. The molecule has 7 N–H and O–H groups in total. The predicted molar refractivity (Wildman–Crippen MR) is 225 cm³/mol. The normalized spacial score (nSPS) is 13.4. The van der Waals surface area contributed by atoms with Crippen molar-refractivity contribution < 1.29 is 42.1 Å². The SMILES string of the molecule is CN=C(N)NCCC[C@H](NC(=O)[C@@H](CCCNC(=O)OC(C)(C)C)N(C)S(=O)(=O)c1ccccc1[N+](=O)[O-])C(=O)NC(Cc1ccc2ccccc2c1)C(=O)NCC(C)=O. The monoisotopic (exact) mass is 853 g/mol. The molecule has 1 unspecified atom stereocenters. The van der Waals surface area contributed by atoms with E-state index in [0.29, 0.717) is 9.87 Å². The molecule has 0 aromatic heterocycles. The molecule has 19 nitrogen and oxygen atoms in total. The van der Waals surface area contributed by atoms with Crippen molar-refractivity contribution in [2.24, 2.45) is 10.7 Å². The van der Waals surface area contributed by atoms with Crippen LogP contribution in [0.15, 0.2) is 76.6 Å². The fourth-order valence-electron chi connectivity index (χ4n) is 5.98. The highest BCUT2D eigenvalue weighted by Gasteiger charge is 2.38. The standard InChI is InChI=1S/C40H55N9O10S/c1-26(50)25-45-35(51)31(24-27-19-20-28-13-7-8-14-29(28)23-27)47-36(52)30(15-11-21-43-38(41)42-5)46-37(53)33(17-12-22-44-39(54)59-40(2,3)4)48(6)60(57,58)34-18-10-9-16-32(34)49(55)56/h7-10,13-14,16,18-20,23,30-31,33H,11-12,15,17,21-22,24-25H2,1-6H3,(H,44,54)(H,45,51)(H,46,53)(H,47,52)(H3,41,42,43)/t30-,31?,33+/m0/s1. The molecular formula is C40H55N9O10S. The predicted octanol–water partition coefficient (Wildman–Crippen LogP) is 2.27. The van der Waals surface area contributed by atoms with Gasteiger partial charge in [-0.2, -0.15) is 4.31 Å². The average Bonchev–Trinajstić information content (AvgIpc) is 3.19. The number of sulfonamides is 1. The number of ketones is 1. The van der Waals surface area contributed by atoms with Crippen LogP contribution in [0.5, 0.6) is 0 Å². The Morgan fingerprint density at radius 3 is 2.12 bits per heavy atom. The van der Waals surface area contributed by atoms with E-state index in [0.717, 1.165) is 30.0 Å². The molecule has 0 radical (unpaired) electrons. The summed E-state index contributed by atoms with van der Waals surface area (Å²) in [6.07, 6.45) is -0.711. The molecule has 0 bridgehead atoms. The summed E-state index contributed by atoms with van der Waals surface area (Å²) in [6, 6.07) is 13.7. The van der Waals surface area contributed by atoms with Crippen LogP contribution >= 0.6 is 0 Å². The Kier molecular flexibility index (Phi) is 17.9. The van der Waals surface area contributed by atoms with E-state index in [9.17, 15) is 42.5 Å². The van der Waals surface area contributed by atoms with Gasteiger partial charge in [0.2, 0.25) is 27.7 Å². The van der Waals surface area contributed by atoms with Crippen LogP contribution in [0.3, 0.4) is 0 Å². The topological polar surface area (TPSA) is 274 Å². The van der Waals surface area contributed by atoms with E-state index in [1.54, 1.807) is 26.8 Å². The second kappa shape index (κ2) is 22.3. The number of benzene rings is 3. The summed E-state index contributed by atoms with van der Waals surface area (Å²) in [4.78, 5) is 80.2. The Hall–Kier alpha value is -6.15. The maximum absolute atomic E-state index is 14.3. The largest absolute Gasteiger partial charge is 0.444 e. The van der Waals surface area contributed by atoms with Crippen LogP contribution < -0.4 is 32.3 Å². The summed E-state index contributed by atoms with van der Waals surface area (Å²) in [5.74, 6) is -2.58. The molecule has 0 fully saturated rings. The molecule has 326 valence electrons. The maximum atomic E-state index is 14.3. The van der Waals surface area contributed by atoms with Crippen molar-refractivity contribution >= 4 is 62.0 Å². The van der Waals surface area contributed by atoms with Crippen LogP contribution in [0.2, 0.25) is 0 Å². The van der Waals surface area contributed by atoms with Crippen LogP contribution in [-0.2, 0) is 40.4 Å². The van der Waals surface area contributed by atoms with Gasteiger partial charge >= 0.3 is 6.09 Å². The number of Topliss-reactive ketones (excluding diaryl/α,β-unsaturated/α-hetero) is 1. The van der Waals surface area contributed by atoms with Crippen LogP contribution in [0.1, 0.15) is 58.9 Å². The number of aliphatic imine (C=N–C) groups is 1. The highest BCUT2D eigenvalue weighted by molar-refractivity contribution is 7.89. The van der Waals surface area contributed by atoms with Gasteiger partial charge in [0, 0.05) is 39.7 Å². The highest BCUT2D eigenvalue weighted by atomic mass is 32.2. The quantitative estimate of drug-likeness (QED) is 0.0296. The van der Waals surface area contributed by atoms with Gasteiger partial charge in [-0.25, -0.2) is 13.2 Å². The Morgan fingerprint density at radius 1 is 0.850 bits per heavy atom. The molecule has 0 aliphatic heterocycles. The van der Waals surface area contributed by atoms with Gasteiger partial charge in [0.25, 0.3) is 5.69 Å². The minimum Gasteiger partial charge on any atom is -0.444 e. The molecule has 60 heavy (non-hydrogen) atoms. The maximum Gasteiger partial charge on any atom is 0.407 e. The smallest absolute Gasteiger partial charge is 0.407 e. The molecule has 0 aliphatic carbocycles. The number of nitro benzene ring substituents is 1. The number of hydrogen-bond donors (Lipinski definition) is 6. The number of rotatable bonds is 21. The summed E-state index contributed by atoms with van der Waals surface area (Å²) < 4.78 is 33.9. The van der Waals surface area contributed by atoms with E-state index < -0.39 is 73.1 Å². The second-order valence-electron chi connectivity index (χ2n) is 14.9. The number of likely N-dealkylation sites (N-methyl/N-ethyl adjacent to an activating group) is 1. The van der Waals surface area contributed by atoms with E-state index >= 15 is 0 Å². The van der Waals surface area contributed by atoms with Gasteiger partial charge in [0.1, 0.15) is 29.5 Å². The number of amides is 4. The van der Waals surface area contributed by atoms with Crippen molar-refractivity contribution in [1.29, 1.82) is 0 Å². The lowest BCUT2D eigenvalue weighted by atomic mass is 10.0. The van der Waals surface area contributed by atoms with Crippen molar-refractivity contribution in [3.05, 3.63) is 82.4 Å². The minimum atomic E-state index is -4.72.